The molecule has 0 fully saturated rings. The number of amides is 1. The normalized spacial score (nSPS) is 13.1. The number of anilines is 2. The molecule has 0 spiro atoms. The van der Waals surface area contributed by atoms with E-state index in [1.807, 2.05) is 18.2 Å². The van der Waals surface area contributed by atoms with Crippen molar-refractivity contribution in [3.8, 4) is 0 Å². The molecule has 33 heavy (non-hydrogen) atoms. The largest absolute Gasteiger partial charge is 0.465 e. The van der Waals surface area contributed by atoms with E-state index in [9.17, 15) is 14.4 Å². The van der Waals surface area contributed by atoms with Crippen LogP contribution in [0.3, 0.4) is 0 Å². The maximum absolute atomic E-state index is 12.6. The number of hydrogen-bond donors (Lipinski definition) is 1. The van der Waals surface area contributed by atoms with Gasteiger partial charge in [0.15, 0.2) is 5.76 Å². The lowest BCUT2D eigenvalue weighted by atomic mass is 10.1. The Morgan fingerprint density at radius 1 is 0.909 bits per heavy atom. The first-order valence-electron chi connectivity index (χ1n) is 9.97. The van der Waals surface area contributed by atoms with Crippen molar-refractivity contribution in [1.29, 1.82) is 0 Å². The van der Waals surface area contributed by atoms with Crippen LogP contribution in [-0.2, 0) is 19.1 Å². The highest BCUT2D eigenvalue weighted by molar-refractivity contribution is 6.06. The van der Waals surface area contributed by atoms with E-state index in [1.54, 1.807) is 54.8 Å². The summed E-state index contributed by atoms with van der Waals surface area (Å²) in [5.74, 6) is -1.56. The maximum atomic E-state index is 12.6. The summed E-state index contributed by atoms with van der Waals surface area (Å²) in [6, 6.07) is 15.8. The molecule has 1 aliphatic rings. The molecular formula is C25H20N2O6. The summed E-state index contributed by atoms with van der Waals surface area (Å²) in [7, 11) is 2.47. The van der Waals surface area contributed by atoms with E-state index >= 15 is 0 Å². The molecule has 0 bridgehead atoms. The summed E-state index contributed by atoms with van der Waals surface area (Å²) in [6.07, 6.45) is 6.41. The molecule has 0 unspecified atom stereocenters. The average Bonchev–Trinajstić information content (AvgIpc) is 3.16. The van der Waals surface area contributed by atoms with E-state index in [4.69, 9.17) is 13.9 Å². The lowest BCUT2D eigenvalue weighted by molar-refractivity contribution is -0.139. The average molecular weight is 444 g/mol. The van der Waals surface area contributed by atoms with E-state index in [-0.39, 0.29) is 22.9 Å². The number of nitrogens with one attached hydrogen (secondary N) is 1. The standard InChI is InChI=1S/C25H20N2O6/c1-31-24(29)19-8-5-6-14-27(22(19)25(30)32-2)18-12-10-17(11-13-18)26-23(28)21-15-16-7-3-4-9-20(16)33-21/h3-15H,1-2H3,(H,26,28). The molecule has 0 radical (unpaired) electrons. The zero-order chi connectivity index (χ0) is 23.4. The predicted octanol–water partition coefficient (Wildman–Crippen LogP) is 4.18. The molecule has 3 aromatic rings. The fourth-order valence-electron chi connectivity index (χ4n) is 3.36. The van der Waals surface area contributed by atoms with Crippen molar-refractivity contribution < 1.29 is 28.3 Å². The number of ether oxygens (including phenoxy) is 2. The van der Waals surface area contributed by atoms with Crippen LogP contribution in [0, 0.1) is 0 Å². The second kappa shape index (κ2) is 9.27. The summed E-state index contributed by atoms with van der Waals surface area (Å²) in [5.41, 5.74) is 1.78. The van der Waals surface area contributed by atoms with Gasteiger partial charge in [-0.3, -0.25) is 4.79 Å². The summed E-state index contributed by atoms with van der Waals surface area (Å²) < 4.78 is 15.3. The highest BCUT2D eigenvalue weighted by atomic mass is 16.5. The highest BCUT2D eigenvalue weighted by Gasteiger charge is 2.27. The first kappa shape index (κ1) is 21.6. The Bertz CT molecular complexity index is 1280. The van der Waals surface area contributed by atoms with Gasteiger partial charge >= 0.3 is 11.9 Å². The van der Waals surface area contributed by atoms with E-state index < -0.39 is 11.9 Å². The molecule has 1 N–H and O–H groups in total. The number of rotatable bonds is 5. The fourth-order valence-corrected chi connectivity index (χ4v) is 3.36. The molecule has 4 rings (SSSR count). The monoisotopic (exact) mass is 444 g/mol. The summed E-state index contributed by atoms with van der Waals surface area (Å²) >= 11 is 0. The van der Waals surface area contributed by atoms with E-state index in [1.165, 1.54) is 25.2 Å². The van der Waals surface area contributed by atoms with Gasteiger partial charge in [0.2, 0.25) is 0 Å². The zero-order valence-corrected chi connectivity index (χ0v) is 17.9. The number of furan rings is 1. The molecule has 1 aromatic heterocycles. The van der Waals surface area contributed by atoms with Crippen LogP contribution < -0.4 is 10.2 Å². The van der Waals surface area contributed by atoms with Crippen LogP contribution >= 0.6 is 0 Å². The van der Waals surface area contributed by atoms with E-state index in [0.29, 0.717) is 17.0 Å². The number of carbonyl (C=O) groups is 3. The molecular weight excluding hydrogens is 424 g/mol. The minimum Gasteiger partial charge on any atom is -0.465 e. The number of fused-ring (bicyclic) bond motifs is 1. The van der Waals surface area contributed by atoms with Crippen LogP contribution in [0.5, 0.6) is 0 Å². The molecule has 1 aliphatic heterocycles. The quantitative estimate of drug-likeness (QED) is 0.590. The van der Waals surface area contributed by atoms with Crippen molar-refractivity contribution in [1.82, 2.24) is 0 Å². The van der Waals surface area contributed by atoms with Gasteiger partial charge in [-0.15, -0.1) is 0 Å². The third-order valence-electron chi connectivity index (χ3n) is 4.94. The Balaban J connectivity index is 1.60. The lowest BCUT2D eigenvalue weighted by Gasteiger charge is -2.23. The van der Waals surface area contributed by atoms with Crippen LogP contribution in [-0.4, -0.2) is 32.1 Å². The number of hydrogen-bond acceptors (Lipinski definition) is 7. The molecule has 8 heteroatoms. The molecule has 2 heterocycles. The molecule has 0 saturated carbocycles. The van der Waals surface area contributed by atoms with Gasteiger partial charge in [-0.05, 0) is 48.6 Å². The molecule has 2 aromatic carbocycles. The first-order chi connectivity index (χ1) is 16.0. The summed E-state index contributed by atoms with van der Waals surface area (Å²) in [5, 5.41) is 3.62. The maximum Gasteiger partial charge on any atom is 0.355 e. The van der Waals surface area contributed by atoms with Gasteiger partial charge in [-0.2, -0.15) is 0 Å². The van der Waals surface area contributed by atoms with Crippen LogP contribution in [0.15, 0.2) is 94.7 Å². The molecule has 0 aliphatic carbocycles. The van der Waals surface area contributed by atoms with Gasteiger partial charge in [0.05, 0.1) is 19.8 Å². The number of allylic oxidation sites excluding steroid dienone is 2. The number of methoxy groups -OCH3 is 2. The Kier molecular flexibility index (Phi) is 6.08. The number of benzene rings is 2. The number of nitrogens with zero attached hydrogens (tertiary/aromatic N) is 1. The first-order valence-corrected chi connectivity index (χ1v) is 9.97. The summed E-state index contributed by atoms with van der Waals surface area (Å²) in [6.45, 7) is 0. The third-order valence-corrected chi connectivity index (χ3v) is 4.94. The third kappa shape index (κ3) is 4.40. The van der Waals surface area contributed by atoms with E-state index in [0.717, 1.165) is 5.39 Å². The Morgan fingerprint density at radius 3 is 2.33 bits per heavy atom. The topological polar surface area (TPSA) is 98.1 Å². The van der Waals surface area contributed by atoms with Crippen molar-refractivity contribution in [3.05, 3.63) is 96.1 Å². The molecule has 1 amide bonds. The Labute approximate surface area is 189 Å². The SMILES string of the molecule is COC(=O)C1=C(C(=O)OC)N(c2ccc(NC(=O)c3cc4ccccc4o3)cc2)C=CC=C1. The van der Waals surface area contributed by atoms with Gasteiger partial charge in [0, 0.05) is 23.0 Å². The van der Waals surface area contributed by atoms with Crippen molar-refractivity contribution in [3.63, 3.8) is 0 Å². The summed E-state index contributed by atoms with van der Waals surface area (Å²) in [4.78, 5) is 38.9. The van der Waals surface area contributed by atoms with Crippen molar-refractivity contribution in [2.24, 2.45) is 0 Å². The van der Waals surface area contributed by atoms with Crippen molar-refractivity contribution >= 4 is 40.2 Å². The van der Waals surface area contributed by atoms with Crippen LogP contribution in [0.2, 0.25) is 0 Å². The lowest BCUT2D eigenvalue weighted by Crippen LogP contribution is -2.26. The minimum absolute atomic E-state index is 0.00779. The second-order valence-corrected chi connectivity index (χ2v) is 6.97. The fraction of sp³-hybridized carbons (Fsp3) is 0.0800. The minimum atomic E-state index is -0.700. The molecule has 166 valence electrons. The smallest absolute Gasteiger partial charge is 0.355 e. The Morgan fingerprint density at radius 2 is 1.64 bits per heavy atom. The number of para-hydroxylation sites is 1. The van der Waals surface area contributed by atoms with Crippen molar-refractivity contribution in [2.45, 2.75) is 0 Å². The Hall–Kier alpha value is -4.59. The molecule has 8 nitrogen and oxygen atoms in total. The van der Waals surface area contributed by atoms with Gasteiger partial charge in [-0.25, -0.2) is 9.59 Å². The highest BCUT2D eigenvalue weighted by Crippen LogP contribution is 2.28. The second-order valence-electron chi connectivity index (χ2n) is 6.97. The van der Waals surface area contributed by atoms with E-state index in [2.05, 4.69) is 5.32 Å². The van der Waals surface area contributed by atoms with Crippen molar-refractivity contribution in [2.75, 3.05) is 24.4 Å². The van der Waals surface area contributed by atoms with Crippen LogP contribution in [0.4, 0.5) is 11.4 Å². The number of carbonyl (C=O) groups excluding carboxylic acids is 3. The molecule has 0 saturated heterocycles. The number of esters is 2. The van der Waals surface area contributed by atoms with Gasteiger partial charge in [-0.1, -0.05) is 24.3 Å². The van der Waals surface area contributed by atoms with Gasteiger partial charge < -0.3 is 24.1 Å². The van der Waals surface area contributed by atoms with Crippen LogP contribution in [0.1, 0.15) is 10.6 Å². The van der Waals surface area contributed by atoms with Gasteiger partial charge in [0.25, 0.3) is 5.91 Å². The molecule has 0 atom stereocenters. The zero-order valence-electron chi connectivity index (χ0n) is 17.9. The predicted molar refractivity (Wildman–Crippen MR) is 122 cm³/mol. The van der Waals surface area contributed by atoms with Gasteiger partial charge in [0.1, 0.15) is 11.3 Å². The van der Waals surface area contributed by atoms with Crippen LogP contribution in [0.25, 0.3) is 11.0 Å².